The molecule has 10 aliphatic heterocycles. The average molecular weight is 1160 g/mol. The first-order valence-electron chi connectivity index (χ1n) is 28.2. The van der Waals surface area contributed by atoms with Crippen molar-refractivity contribution in [1.82, 2.24) is 31.9 Å². The summed E-state index contributed by atoms with van der Waals surface area (Å²) in [6.45, 7) is -0.729. The van der Waals surface area contributed by atoms with Crippen LogP contribution in [0, 0.1) is 0 Å². The first-order chi connectivity index (χ1) is 41.4. The molecule has 6 amide bonds. The molecule has 11 aliphatic rings. The van der Waals surface area contributed by atoms with Gasteiger partial charge in [-0.15, -0.1) is 0 Å². The maximum atomic E-state index is 14.0. The van der Waals surface area contributed by atoms with E-state index in [2.05, 4.69) is 31.9 Å². The molecule has 10 heterocycles. The number of ether oxygens (including phenoxy) is 9. The van der Waals surface area contributed by atoms with Gasteiger partial charge in [0, 0.05) is 12.8 Å². The van der Waals surface area contributed by atoms with Crippen molar-refractivity contribution < 1.29 is 71.4 Å². The lowest BCUT2D eigenvalue weighted by Gasteiger charge is -2.23. The molecule has 18 bridgehead atoms. The zero-order valence-corrected chi connectivity index (χ0v) is 47.6. The fourth-order valence-corrected chi connectivity index (χ4v) is 10.6. The Morgan fingerprint density at radius 1 is 0.365 bits per heavy atom. The number of carbonyl (C=O) groups excluding carboxylic acids is 6. The van der Waals surface area contributed by atoms with E-state index >= 15 is 0 Å². The van der Waals surface area contributed by atoms with Crippen molar-refractivity contribution in [3.63, 3.8) is 0 Å². The maximum absolute atomic E-state index is 14.0. The van der Waals surface area contributed by atoms with Crippen LogP contribution < -0.4 is 74.5 Å². The minimum Gasteiger partial charge on any atom is -0.493 e. The monoisotopic (exact) mass is 1160 g/mol. The van der Waals surface area contributed by atoms with E-state index < -0.39 is 73.2 Å². The highest BCUT2D eigenvalue weighted by Gasteiger charge is 2.29. The molecule has 0 aromatic heterocycles. The van der Waals surface area contributed by atoms with Crippen molar-refractivity contribution in [3.05, 3.63) is 159 Å². The second kappa shape index (κ2) is 27.6. The number of rotatable bonds is 3. The molecule has 6 aromatic carbocycles. The van der Waals surface area contributed by atoms with Crippen molar-refractivity contribution in [2.24, 2.45) is 0 Å². The largest absolute Gasteiger partial charge is 0.493 e. The topological polar surface area (TPSA) is 258 Å². The van der Waals surface area contributed by atoms with Gasteiger partial charge in [-0.25, -0.2) is 0 Å². The number of amides is 6. The number of fused-ring (bicyclic) bond motifs is 3. The second-order valence-electron chi connectivity index (χ2n) is 20.8. The molecule has 444 valence electrons. The normalized spacial score (nSPS) is 19.2. The van der Waals surface area contributed by atoms with Gasteiger partial charge in [0.2, 0.25) is 35.4 Å². The van der Waals surface area contributed by atoms with Crippen LogP contribution >= 0.6 is 0 Å². The smallest absolute Gasteiger partial charge is 0.243 e. The highest BCUT2D eigenvalue weighted by molar-refractivity contribution is 5.96. The number of aryl methyl sites for hydroxylation is 1. The van der Waals surface area contributed by atoms with Crippen LogP contribution in [0.4, 0.5) is 0 Å². The summed E-state index contributed by atoms with van der Waals surface area (Å²) in [5, 5.41) is 15.9. The quantitative estimate of drug-likeness (QED) is 0.146. The van der Waals surface area contributed by atoms with Gasteiger partial charge in [0.15, 0.2) is 34.5 Å². The van der Waals surface area contributed by atoms with Crippen molar-refractivity contribution >= 4 is 35.4 Å². The minimum absolute atomic E-state index is 0.0257. The molecule has 0 radical (unpaired) electrons. The Balaban J connectivity index is 1.06. The molecular formula is C64H68N6O15. The molecule has 21 heteroatoms. The Bertz CT molecular complexity index is 3360. The van der Waals surface area contributed by atoms with Crippen LogP contribution in [0.5, 0.6) is 51.7 Å². The second-order valence-corrected chi connectivity index (χ2v) is 20.8. The molecule has 0 spiro atoms. The molecule has 6 N–H and O–H groups in total. The summed E-state index contributed by atoms with van der Waals surface area (Å²) in [5.74, 6) is 0.562. The van der Waals surface area contributed by atoms with Gasteiger partial charge in [0.05, 0.1) is 41.0 Å². The van der Waals surface area contributed by atoms with Crippen molar-refractivity contribution in [2.45, 2.75) is 63.1 Å². The van der Waals surface area contributed by atoms with Crippen LogP contribution in [0.3, 0.4) is 0 Å². The van der Waals surface area contributed by atoms with Gasteiger partial charge >= 0.3 is 0 Å². The third-order valence-corrected chi connectivity index (χ3v) is 15.0. The fraction of sp³-hybridized carbons (Fsp3) is 0.344. The summed E-state index contributed by atoms with van der Waals surface area (Å²) in [5.41, 5.74) is 8.07. The van der Waals surface area contributed by atoms with E-state index in [1.165, 1.54) is 0 Å². The predicted molar refractivity (Wildman–Crippen MR) is 310 cm³/mol. The summed E-state index contributed by atoms with van der Waals surface area (Å²) in [6.07, 6.45) is 1.88. The van der Waals surface area contributed by atoms with Crippen LogP contribution in [0.1, 0.15) is 56.5 Å². The van der Waals surface area contributed by atoms with Crippen LogP contribution in [-0.4, -0.2) is 134 Å². The highest BCUT2D eigenvalue weighted by atomic mass is 16.6. The summed E-state index contributed by atoms with van der Waals surface area (Å²) < 4.78 is 55.6. The first kappa shape index (κ1) is 58.5. The van der Waals surface area contributed by atoms with Crippen LogP contribution in [0.2, 0.25) is 0 Å². The van der Waals surface area contributed by atoms with E-state index in [1.54, 1.807) is 82.0 Å². The highest BCUT2D eigenvalue weighted by Crippen LogP contribution is 2.41. The van der Waals surface area contributed by atoms with Gasteiger partial charge in [-0.05, 0) is 155 Å². The van der Waals surface area contributed by atoms with Gasteiger partial charge in [0.25, 0.3) is 0 Å². The lowest BCUT2D eigenvalue weighted by Crippen LogP contribution is -2.56. The number of hydrogen-bond acceptors (Lipinski definition) is 15. The lowest BCUT2D eigenvalue weighted by atomic mass is 9.94. The van der Waals surface area contributed by atoms with E-state index in [1.807, 2.05) is 48.5 Å². The number of carbonyl (C=O) groups is 6. The molecule has 3 atom stereocenters. The van der Waals surface area contributed by atoms with Gasteiger partial charge < -0.3 is 74.5 Å². The molecule has 1 unspecified atom stereocenters. The van der Waals surface area contributed by atoms with Gasteiger partial charge in [-0.3, -0.25) is 28.8 Å². The Hall–Kier alpha value is -9.66. The van der Waals surface area contributed by atoms with Crippen molar-refractivity contribution in [3.8, 4) is 51.7 Å². The summed E-state index contributed by atoms with van der Waals surface area (Å²) in [7, 11) is 4.81. The number of benzene rings is 6. The van der Waals surface area contributed by atoms with Gasteiger partial charge in [-0.1, -0.05) is 36.4 Å². The maximum Gasteiger partial charge on any atom is 0.243 e. The minimum atomic E-state index is -1.23. The third-order valence-electron chi connectivity index (χ3n) is 15.0. The van der Waals surface area contributed by atoms with Gasteiger partial charge in [0.1, 0.15) is 75.0 Å². The fourth-order valence-electron chi connectivity index (χ4n) is 10.6. The average Bonchev–Trinajstić information content (AvgIpc) is 3.90. The Labute approximate surface area is 491 Å². The van der Waals surface area contributed by atoms with Gasteiger partial charge in [-0.2, -0.15) is 0 Å². The zero-order chi connectivity index (χ0) is 59.2. The molecule has 1 saturated heterocycles. The van der Waals surface area contributed by atoms with E-state index in [0.29, 0.717) is 88.6 Å². The summed E-state index contributed by atoms with van der Waals surface area (Å²) in [4.78, 5) is 82.8. The third kappa shape index (κ3) is 15.3. The molecule has 21 nitrogen and oxygen atoms in total. The Morgan fingerprint density at radius 2 is 0.659 bits per heavy atom. The van der Waals surface area contributed by atoms with E-state index in [0.717, 1.165) is 38.9 Å². The molecule has 1 aliphatic carbocycles. The number of hydrogen-bond donors (Lipinski definition) is 6. The van der Waals surface area contributed by atoms with Crippen LogP contribution in [0.15, 0.2) is 109 Å². The molecule has 17 rings (SSSR count). The lowest BCUT2D eigenvalue weighted by molar-refractivity contribution is -0.133. The van der Waals surface area contributed by atoms with E-state index in [9.17, 15) is 28.8 Å². The van der Waals surface area contributed by atoms with Crippen molar-refractivity contribution in [1.29, 1.82) is 0 Å². The number of methoxy groups -OCH3 is 3. The van der Waals surface area contributed by atoms with Crippen LogP contribution in [0.25, 0.3) is 0 Å². The SMILES string of the molecule is COc1cc2c3cc1OCCOc1ccc(cc1)CC[C@@H]1NC(=O)CNC(=O)[C@@H]4Cc5ccc(cc5)OCCOc5cc(c(cc5OC)C3)Cc3cc(OC)c(cc3C2)OCCOc2ccc(cc2)CC(NC(=O)CNC1=O)C(=O)NCC(=O)N4. The van der Waals surface area contributed by atoms with Crippen molar-refractivity contribution in [2.75, 3.05) is 80.6 Å². The Kier molecular flexibility index (Phi) is 19.0. The molecule has 85 heavy (non-hydrogen) atoms. The zero-order valence-electron chi connectivity index (χ0n) is 47.6. The first-order valence-corrected chi connectivity index (χ1v) is 28.2. The summed E-state index contributed by atoms with van der Waals surface area (Å²) in [6, 6.07) is 29.6. The van der Waals surface area contributed by atoms with E-state index in [-0.39, 0.29) is 58.9 Å². The van der Waals surface area contributed by atoms with Crippen LogP contribution in [-0.2, 0) is 67.3 Å². The molecular weight excluding hydrogens is 1090 g/mol. The summed E-state index contributed by atoms with van der Waals surface area (Å²) >= 11 is 0. The molecule has 6 aromatic rings. The molecule has 0 saturated carbocycles. The predicted octanol–water partition coefficient (Wildman–Crippen LogP) is 4.03. The standard InChI is InChI=1S/C64H68N6O15/c1-77-53-29-41-27-45-33-57-55(79-3)31-43(45)28-46-34-58-54(78-2)30-42(46)26-44(41)32-56(53)83-21-18-80-47-11-4-38(5-12-47)10-17-50-62(74)65-36-60(72)69-52(25-40-8-15-49(16-9-40)82-20-23-85-57)64(76)67-37-61(73)70-51(63(75)66-35-59(71)68-50)24-39-6-13-48(14-7-39)81-19-22-84-58/h4-9,11-16,29-34,50-52H,10,17-28,35-37H2,1-3H3,(H,65,74)(H,66,75)(H,67,76)(H,68,71)(H,69,72)(H,70,73)/t50-,51-,52?/m0/s1. The molecule has 1 fully saturated rings. The number of nitrogens with one attached hydrogen (secondary N) is 6. The van der Waals surface area contributed by atoms with E-state index in [4.69, 9.17) is 42.6 Å². The Morgan fingerprint density at radius 3 is 1.00 bits per heavy atom.